The Morgan fingerprint density at radius 1 is 1.26 bits per heavy atom. The Balaban J connectivity index is 1.54. The lowest BCUT2D eigenvalue weighted by molar-refractivity contribution is -0.274. The third-order valence-electron chi connectivity index (χ3n) is 5.35. The maximum absolute atomic E-state index is 12.7. The number of nitrogens with one attached hydrogen (secondary N) is 1. The van der Waals surface area contributed by atoms with Crippen molar-refractivity contribution < 1.29 is 35.9 Å². The summed E-state index contributed by atoms with van der Waals surface area (Å²) in [5, 5.41) is 2.46. The number of aromatic nitrogens is 1. The van der Waals surface area contributed by atoms with Crippen LogP contribution in [0.2, 0.25) is 0 Å². The second-order valence-electron chi connectivity index (χ2n) is 7.76. The Labute approximate surface area is 205 Å². The molecule has 1 unspecified atom stereocenters. The second-order valence-corrected chi connectivity index (χ2v) is 10.4. The van der Waals surface area contributed by atoms with Crippen molar-refractivity contribution in [2.75, 3.05) is 13.7 Å². The van der Waals surface area contributed by atoms with Crippen molar-refractivity contribution in [2.24, 2.45) is 5.92 Å². The average molecular weight is 531 g/mol. The molecule has 1 atom stereocenters. The summed E-state index contributed by atoms with van der Waals surface area (Å²) >= 11 is 1.34. The summed E-state index contributed by atoms with van der Waals surface area (Å²) in [6, 6.07) is 5.44. The highest BCUT2D eigenvalue weighted by Gasteiger charge is 2.31. The molecule has 0 fully saturated rings. The van der Waals surface area contributed by atoms with E-state index in [0.717, 1.165) is 5.69 Å². The van der Waals surface area contributed by atoms with E-state index in [0.29, 0.717) is 41.8 Å². The molecule has 0 saturated carbocycles. The quantitative estimate of drug-likeness (QED) is 0.344. The smallest absolute Gasteiger partial charge is 0.466 e. The van der Waals surface area contributed by atoms with E-state index in [1.54, 1.807) is 6.08 Å². The van der Waals surface area contributed by atoms with Gasteiger partial charge in [0.2, 0.25) is 10.0 Å². The fourth-order valence-electron chi connectivity index (χ4n) is 3.55. The van der Waals surface area contributed by atoms with Crippen LogP contribution in [0.15, 0.2) is 52.3 Å². The van der Waals surface area contributed by atoms with Gasteiger partial charge in [0, 0.05) is 23.1 Å². The van der Waals surface area contributed by atoms with Crippen LogP contribution in [0, 0.1) is 5.92 Å². The van der Waals surface area contributed by atoms with Crippen LogP contribution in [-0.2, 0) is 26.0 Å². The molecule has 3 rings (SSSR count). The molecule has 7 nitrogen and oxygen atoms in total. The van der Waals surface area contributed by atoms with Gasteiger partial charge in [0.05, 0.1) is 17.7 Å². The number of methoxy groups -OCH3 is 1. The number of carbonyl (C=O) groups excluding carboxylic acids is 1. The van der Waals surface area contributed by atoms with Gasteiger partial charge in [0.15, 0.2) is 0 Å². The number of halogens is 3. The first-order valence-corrected chi connectivity index (χ1v) is 13.2. The Morgan fingerprint density at radius 2 is 1.97 bits per heavy atom. The summed E-state index contributed by atoms with van der Waals surface area (Å²) in [6.45, 7) is 2.10. The SMILES string of the molecule is CCC1CC=C(S(=O)(=O)NCCCc2csc(-c3ccc(OC(F)(F)F)cc3)n2)C=C1C(=O)OC. The van der Waals surface area contributed by atoms with Gasteiger partial charge in [0.25, 0.3) is 0 Å². The maximum atomic E-state index is 12.7. The highest BCUT2D eigenvalue weighted by atomic mass is 32.2. The molecule has 0 aliphatic heterocycles. The number of thiazole rings is 1. The number of sulfonamides is 1. The fourth-order valence-corrected chi connectivity index (χ4v) is 5.58. The predicted molar refractivity (Wildman–Crippen MR) is 126 cm³/mol. The second kappa shape index (κ2) is 11.4. The third-order valence-corrected chi connectivity index (χ3v) is 7.78. The van der Waals surface area contributed by atoms with Crippen LogP contribution in [0.3, 0.4) is 0 Å². The molecule has 2 aromatic rings. The van der Waals surface area contributed by atoms with E-state index < -0.39 is 22.4 Å². The van der Waals surface area contributed by atoms with Crippen LogP contribution in [-0.4, -0.2) is 39.4 Å². The highest BCUT2D eigenvalue weighted by molar-refractivity contribution is 7.93. The van der Waals surface area contributed by atoms with Crippen molar-refractivity contribution in [1.82, 2.24) is 9.71 Å². The van der Waals surface area contributed by atoms with Gasteiger partial charge in [0.1, 0.15) is 10.8 Å². The van der Waals surface area contributed by atoms with Gasteiger partial charge in [-0.3, -0.25) is 0 Å². The molecule has 1 aliphatic rings. The topological polar surface area (TPSA) is 94.6 Å². The van der Waals surface area contributed by atoms with Gasteiger partial charge in [-0.15, -0.1) is 24.5 Å². The number of esters is 1. The standard InChI is InChI=1S/C23H25F3N2O5S2/c1-3-15-8-11-19(13-20(15)22(29)32-2)35(30,31)27-12-4-5-17-14-34-21(28-17)16-6-9-18(10-7-16)33-23(24,25)26/h6-7,9-11,13-15,27H,3-5,8,12H2,1-2H3. The van der Waals surface area contributed by atoms with Crippen LogP contribution in [0.4, 0.5) is 13.2 Å². The van der Waals surface area contributed by atoms with Gasteiger partial charge < -0.3 is 9.47 Å². The average Bonchev–Trinajstić information content (AvgIpc) is 3.29. The van der Waals surface area contributed by atoms with Crippen LogP contribution >= 0.6 is 11.3 Å². The minimum absolute atomic E-state index is 0.0523. The lowest BCUT2D eigenvalue weighted by Gasteiger charge is -2.21. The van der Waals surface area contributed by atoms with E-state index in [1.807, 2.05) is 12.3 Å². The lowest BCUT2D eigenvalue weighted by Crippen LogP contribution is -2.28. The summed E-state index contributed by atoms with van der Waals surface area (Å²) in [5.41, 5.74) is 1.75. The van der Waals surface area contributed by atoms with Gasteiger partial charge in [-0.2, -0.15) is 0 Å². The Hall–Kier alpha value is -2.70. The van der Waals surface area contributed by atoms with Crippen molar-refractivity contribution in [3.05, 3.63) is 58.0 Å². The van der Waals surface area contributed by atoms with Crippen LogP contribution in [0.1, 0.15) is 31.9 Å². The first-order chi connectivity index (χ1) is 16.5. The van der Waals surface area contributed by atoms with Gasteiger partial charge >= 0.3 is 12.3 Å². The van der Waals surface area contributed by atoms with E-state index in [1.165, 1.54) is 48.8 Å². The number of carbonyl (C=O) groups is 1. The first kappa shape index (κ1) is 26.9. The van der Waals surface area contributed by atoms with Crippen molar-refractivity contribution in [3.8, 4) is 16.3 Å². The maximum Gasteiger partial charge on any atom is 0.573 e. The zero-order chi connectivity index (χ0) is 25.6. The third kappa shape index (κ3) is 7.39. The monoisotopic (exact) mass is 530 g/mol. The molecule has 190 valence electrons. The summed E-state index contributed by atoms with van der Waals surface area (Å²) in [4.78, 5) is 16.5. The molecule has 0 amide bonds. The molecule has 0 radical (unpaired) electrons. The number of alkyl halides is 3. The number of allylic oxidation sites excluding steroid dienone is 2. The lowest BCUT2D eigenvalue weighted by atomic mass is 9.89. The Kier molecular flexibility index (Phi) is 8.73. The first-order valence-electron chi connectivity index (χ1n) is 10.8. The molecule has 0 bridgehead atoms. The number of hydrogen-bond acceptors (Lipinski definition) is 7. The minimum atomic E-state index is -4.75. The molecule has 35 heavy (non-hydrogen) atoms. The van der Waals surface area contributed by atoms with Gasteiger partial charge in [-0.25, -0.2) is 22.9 Å². The van der Waals surface area contributed by atoms with Crippen LogP contribution in [0.25, 0.3) is 10.6 Å². The molecule has 0 spiro atoms. The van der Waals surface area contributed by atoms with Gasteiger partial charge in [-0.1, -0.05) is 13.0 Å². The zero-order valence-electron chi connectivity index (χ0n) is 19.1. The molecule has 1 aliphatic carbocycles. The molecule has 12 heteroatoms. The molecule has 1 N–H and O–H groups in total. The van der Waals surface area contributed by atoms with E-state index in [-0.39, 0.29) is 23.1 Å². The minimum Gasteiger partial charge on any atom is -0.466 e. The summed E-state index contributed by atoms with van der Waals surface area (Å²) < 4.78 is 73.4. The number of aryl methyl sites for hydroxylation is 1. The van der Waals surface area contributed by atoms with Crippen LogP contribution in [0.5, 0.6) is 5.75 Å². The number of hydrogen-bond donors (Lipinski definition) is 1. The molecule has 1 aromatic carbocycles. The Bertz CT molecular complexity index is 1200. The van der Waals surface area contributed by atoms with E-state index in [2.05, 4.69) is 14.4 Å². The summed E-state index contributed by atoms with van der Waals surface area (Å²) in [6.07, 6.45) is 0.374. The molecular formula is C23H25F3N2O5S2. The van der Waals surface area contributed by atoms with E-state index in [4.69, 9.17) is 4.74 Å². The van der Waals surface area contributed by atoms with E-state index >= 15 is 0 Å². The summed E-state index contributed by atoms with van der Waals surface area (Å²) in [7, 11) is -2.52. The number of ether oxygens (including phenoxy) is 2. The molecule has 1 heterocycles. The largest absolute Gasteiger partial charge is 0.573 e. The van der Waals surface area contributed by atoms with Crippen molar-refractivity contribution >= 4 is 27.3 Å². The number of rotatable bonds is 10. The molecular weight excluding hydrogens is 505 g/mol. The highest BCUT2D eigenvalue weighted by Crippen LogP contribution is 2.30. The zero-order valence-corrected chi connectivity index (χ0v) is 20.7. The molecule has 1 aromatic heterocycles. The molecule has 0 saturated heterocycles. The number of benzene rings is 1. The van der Waals surface area contributed by atoms with Crippen molar-refractivity contribution in [1.29, 1.82) is 0 Å². The number of nitrogens with zero attached hydrogens (tertiary/aromatic N) is 1. The van der Waals surface area contributed by atoms with Crippen molar-refractivity contribution in [2.45, 2.75) is 39.0 Å². The van der Waals surface area contributed by atoms with Crippen LogP contribution < -0.4 is 9.46 Å². The van der Waals surface area contributed by atoms with E-state index in [9.17, 15) is 26.4 Å². The van der Waals surface area contributed by atoms with Gasteiger partial charge in [-0.05, 0) is 61.9 Å². The predicted octanol–water partition coefficient (Wildman–Crippen LogP) is 4.97. The summed E-state index contributed by atoms with van der Waals surface area (Å²) in [5.74, 6) is -0.912. The Morgan fingerprint density at radius 3 is 2.60 bits per heavy atom. The van der Waals surface area contributed by atoms with Crippen molar-refractivity contribution in [3.63, 3.8) is 0 Å². The fraction of sp³-hybridized carbons (Fsp3) is 0.391. The normalized spacial score (nSPS) is 16.4.